The Morgan fingerprint density at radius 1 is 1.10 bits per heavy atom. The van der Waals surface area contributed by atoms with Crippen molar-refractivity contribution in [3.05, 3.63) is 46.6 Å². The van der Waals surface area contributed by atoms with Crippen LogP contribution in [-0.2, 0) is 7.05 Å². The van der Waals surface area contributed by atoms with Crippen LogP contribution in [0.4, 0.5) is 0 Å². The molecule has 0 radical (unpaired) electrons. The van der Waals surface area contributed by atoms with E-state index in [0.29, 0.717) is 0 Å². The average Bonchev–Trinajstić information content (AvgIpc) is 3.03. The fraction of sp³-hybridized carbons (Fsp3) is 0.158. The van der Waals surface area contributed by atoms with Crippen molar-refractivity contribution >= 4 is 55.3 Å². The maximum atomic E-state index is 2.40. The van der Waals surface area contributed by atoms with Gasteiger partial charge in [-0.25, -0.2) is 0 Å². The minimum Gasteiger partial charge on any atom is -0.344 e. The molecule has 1 aliphatic rings. The van der Waals surface area contributed by atoms with Gasteiger partial charge in [-0.2, -0.15) is 0 Å². The molecule has 0 amide bonds. The van der Waals surface area contributed by atoms with Crippen LogP contribution in [0.3, 0.4) is 0 Å². The number of rotatable bonds is 0. The number of thiophene rings is 1. The van der Waals surface area contributed by atoms with Crippen LogP contribution in [0.15, 0.2) is 35.7 Å². The second-order valence-corrected chi connectivity index (χ2v) is 6.73. The number of nitrogens with zero attached hydrogens (tertiary/aromatic N) is 1. The van der Waals surface area contributed by atoms with Gasteiger partial charge in [0.15, 0.2) is 0 Å². The van der Waals surface area contributed by atoms with Crippen LogP contribution >= 0.6 is 11.3 Å². The van der Waals surface area contributed by atoms with E-state index in [0.717, 1.165) is 12.8 Å². The second kappa shape index (κ2) is 3.99. The molecule has 0 unspecified atom stereocenters. The van der Waals surface area contributed by atoms with E-state index in [1.165, 1.54) is 42.7 Å². The average molecular weight is 289 g/mol. The van der Waals surface area contributed by atoms with Gasteiger partial charge < -0.3 is 4.57 Å². The molecular formula is C19H15NS. The lowest BCUT2D eigenvalue weighted by Crippen LogP contribution is -2.13. The Kier molecular flexibility index (Phi) is 2.20. The first-order chi connectivity index (χ1) is 10.3. The molecule has 2 heterocycles. The van der Waals surface area contributed by atoms with E-state index < -0.39 is 0 Å². The van der Waals surface area contributed by atoms with Gasteiger partial charge in [0, 0.05) is 33.3 Å². The van der Waals surface area contributed by atoms with E-state index in [9.17, 15) is 0 Å². The Balaban J connectivity index is 2.19. The number of hydrogen-bond donors (Lipinski definition) is 0. The van der Waals surface area contributed by atoms with Crippen molar-refractivity contribution in [1.82, 2.24) is 4.57 Å². The van der Waals surface area contributed by atoms with Gasteiger partial charge in [-0.3, -0.25) is 0 Å². The Morgan fingerprint density at radius 3 is 3.00 bits per heavy atom. The Hall–Kier alpha value is -2.06. The Labute approximate surface area is 126 Å². The third kappa shape index (κ3) is 1.41. The molecule has 102 valence electrons. The van der Waals surface area contributed by atoms with E-state index in [1.54, 1.807) is 0 Å². The predicted octanol–water partition coefficient (Wildman–Crippen LogP) is 4.85. The summed E-state index contributed by atoms with van der Waals surface area (Å²) in [5.74, 6) is 0. The number of allylic oxidation sites excluding steroid dienone is 1. The monoisotopic (exact) mass is 289 g/mol. The topological polar surface area (TPSA) is 4.93 Å². The van der Waals surface area contributed by atoms with E-state index in [2.05, 4.69) is 59.5 Å². The van der Waals surface area contributed by atoms with Crippen molar-refractivity contribution in [2.45, 2.75) is 12.8 Å². The number of hydrogen-bond acceptors (Lipinski definition) is 1. The first-order valence-corrected chi connectivity index (χ1v) is 8.30. The second-order valence-electron chi connectivity index (χ2n) is 5.82. The highest BCUT2D eigenvalue weighted by Crippen LogP contribution is 2.37. The maximum Gasteiger partial charge on any atom is 0.0501 e. The molecule has 21 heavy (non-hydrogen) atoms. The quantitative estimate of drug-likeness (QED) is 0.436. The van der Waals surface area contributed by atoms with Crippen LogP contribution in [0, 0.1) is 0 Å². The molecule has 0 fully saturated rings. The first-order valence-electron chi connectivity index (χ1n) is 7.42. The summed E-state index contributed by atoms with van der Waals surface area (Å²) in [7, 11) is 2.20. The van der Waals surface area contributed by atoms with E-state index in [1.807, 2.05) is 11.3 Å². The van der Waals surface area contributed by atoms with E-state index in [4.69, 9.17) is 0 Å². The van der Waals surface area contributed by atoms with Gasteiger partial charge in [0.1, 0.15) is 0 Å². The lowest BCUT2D eigenvalue weighted by atomic mass is 9.99. The third-order valence-electron chi connectivity index (χ3n) is 4.67. The third-order valence-corrected chi connectivity index (χ3v) is 5.64. The highest BCUT2D eigenvalue weighted by molar-refractivity contribution is 7.18. The fourth-order valence-corrected chi connectivity index (χ4v) is 4.60. The van der Waals surface area contributed by atoms with Gasteiger partial charge in [0.2, 0.25) is 0 Å². The van der Waals surface area contributed by atoms with Crippen molar-refractivity contribution in [2.75, 3.05) is 0 Å². The van der Waals surface area contributed by atoms with Crippen molar-refractivity contribution in [1.29, 1.82) is 0 Å². The zero-order valence-corrected chi connectivity index (χ0v) is 12.7. The minimum atomic E-state index is 1.12. The van der Waals surface area contributed by atoms with Crippen LogP contribution in [0.25, 0.3) is 43.9 Å². The molecule has 0 saturated heterocycles. The SMILES string of the molecule is Cn1/c2c3c(ccc4c5sccc5cc1c34)C=CCC\C=2. The fourth-order valence-electron chi connectivity index (χ4n) is 3.69. The van der Waals surface area contributed by atoms with Gasteiger partial charge in [0.05, 0.1) is 5.52 Å². The van der Waals surface area contributed by atoms with E-state index >= 15 is 0 Å². The molecular weight excluding hydrogens is 274 g/mol. The summed E-state index contributed by atoms with van der Waals surface area (Å²) in [4.78, 5) is 0. The molecule has 1 nitrogen and oxygen atoms in total. The summed E-state index contributed by atoms with van der Waals surface area (Å²) in [6, 6.07) is 9.18. The summed E-state index contributed by atoms with van der Waals surface area (Å²) >= 11 is 1.85. The Morgan fingerprint density at radius 2 is 2.05 bits per heavy atom. The molecule has 2 aromatic heterocycles. The number of benzene rings is 2. The van der Waals surface area contributed by atoms with Crippen LogP contribution < -0.4 is 5.35 Å². The van der Waals surface area contributed by atoms with Gasteiger partial charge in [-0.15, -0.1) is 11.3 Å². The zero-order chi connectivity index (χ0) is 14.0. The number of aromatic nitrogens is 1. The predicted molar refractivity (Wildman–Crippen MR) is 93.8 cm³/mol. The van der Waals surface area contributed by atoms with Gasteiger partial charge in [0.25, 0.3) is 0 Å². The summed E-state index contributed by atoms with van der Waals surface area (Å²) < 4.78 is 3.79. The summed E-state index contributed by atoms with van der Waals surface area (Å²) in [6.07, 6.45) is 9.24. The highest BCUT2D eigenvalue weighted by atomic mass is 32.1. The smallest absolute Gasteiger partial charge is 0.0501 e. The molecule has 1 aliphatic carbocycles. The van der Waals surface area contributed by atoms with Crippen LogP contribution in [0.1, 0.15) is 18.4 Å². The lowest BCUT2D eigenvalue weighted by molar-refractivity contribution is 0.927. The molecule has 0 aliphatic heterocycles. The number of fused-ring (bicyclic) bond motifs is 2. The standard InChI is InChI=1S/C19H15NS/c1-20-15-6-4-2-3-5-12-7-8-14-18(17(12)15)16(20)11-13-9-10-21-19(13)14/h3,5-11H,2,4H2,1H3/b5-3?,15-6+. The molecule has 2 heteroatoms. The molecule has 4 aromatic rings. The van der Waals surface area contributed by atoms with Crippen LogP contribution in [0.2, 0.25) is 0 Å². The lowest BCUT2D eigenvalue weighted by Gasteiger charge is -2.05. The molecule has 5 rings (SSSR count). The normalized spacial score (nSPS) is 16.3. The number of aryl methyl sites for hydroxylation is 1. The molecule has 0 bridgehead atoms. The van der Waals surface area contributed by atoms with Gasteiger partial charge in [-0.05, 0) is 41.3 Å². The van der Waals surface area contributed by atoms with Gasteiger partial charge in [-0.1, -0.05) is 30.4 Å². The molecule has 0 atom stereocenters. The van der Waals surface area contributed by atoms with E-state index in [-0.39, 0.29) is 0 Å². The van der Waals surface area contributed by atoms with Gasteiger partial charge >= 0.3 is 0 Å². The summed E-state index contributed by atoms with van der Waals surface area (Å²) in [6.45, 7) is 0. The largest absolute Gasteiger partial charge is 0.344 e. The van der Waals surface area contributed by atoms with Crippen LogP contribution in [0.5, 0.6) is 0 Å². The molecule has 0 saturated carbocycles. The highest BCUT2D eigenvalue weighted by Gasteiger charge is 2.15. The summed E-state index contributed by atoms with van der Waals surface area (Å²) in [5.41, 5.74) is 2.71. The Bertz CT molecular complexity index is 1090. The first kappa shape index (κ1) is 11.6. The zero-order valence-electron chi connectivity index (χ0n) is 11.9. The minimum absolute atomic E-state index is 1.12. The van der Waals surface area contributed by atoms with Crippen molar-refractivity contribution in [3.8, 4) is 0 Å². The molecule has 0 N–H and O–H groups in total. The molecule has 2 aromatic carbocycles. The van der Waals surface area contributed by atoms with Crippen molar-refractivity contribution < 1.29 is 0 Å². The van der Waals surface area contributed by atoms with Crippen LogP contribution in [-0.4, -0.2) is 4.57 Å². The molecule has 0 spiro atoms. The van der Waals surface area contributed by atoms with Crippen molar-refractivity contribution in [2.24, 2.45) is 7.05 Å². The summed E-state index contributed by atoms with van der Waals surface area (Å²) in [5, 5.41) is 9.20. The van der Waals surface area contributed by atoms with Crippen molar-refractivity contribution in [3.63, 3.8) is 0 Å². The maximum absolute atomic E-state index is 2.40.